The van der Waals surface area contributed by atoms with Crippen molar-refractivity contribution < 1.29 is 19.1 Å². The third-order valence-corrected chi connectivity index (χ3v) is 7.32. The van der Waals surface area contributed by atoms with Crippen molar-refractivity contribution in [1.82, 2.24) is 10.2 Å². The van der Waals surface area contributed by atoms with Gasteiger partial charge in [-0.1, -0.05) is 74.5 Å². The lowest BCUT2D eigenvalue weighted by Crippen LogP contribution is -2.52. The third-order valence-electron chi connectivity index (χ3n) is 6.67. The molecule has 0 saturated carbocycles. The van der Waals surface area contributed by atoms with Crippen LogP contribution in [0.1, 0.15) is 64.1 Å². The van der Waals surface area contributed by atoms with Gasteiger partial charge in [0.1, 0.15) is 17.7 Å². The fraction of sp³-hybridized carbons (Fsp3) is 0.382. The first kappa shape index (κ1) is 32.7. The van der Waals surface area contributed by atoms with Gasteiger partial charge in [-0.2, -0.15) is 11.8 Å². The Morgan fingerprint density at radius 3 is 2.43 bits per heavy atom. The lowest BCUT2D eigenvalue weighted by molar-refractivity contribution is -0.141. The summed E-state index contributed by atoms with van der Waals surface area (Å²) in [6, 6.07) is 19.4. The lowest BCUT2D eigenvalue weighted by Gasteiger charge is -2.34. The van der Waals surface area contributed by atoms with E-state index in [-0.39, 0.29) is 11.8 Å². The van der Waals surface area contributed by atoms with E-state index in [9.17, 15) is 14.4 Å². The fourth-order valence-electron chi connectivity index (χ4n) is 4.64. The second-order valence-corrected chi connectivity index (χ2v) is 12.2. The van der Waals surface area contributed by atoms with Gasteiger partial charge in [-0.05, 0) is 85.7 Å². The highest BCUT2D eigenvalue weighted by molar-refractivity contribution is 7.98. The third kappa shape index (κ3) is 9.38. The Hall–Kier alpha value is -3.78. The molecule has 0 aromatic heterocycles. The van der Waals surface area contributed by atoms with Gasteiger partial charge in [0, 0.05) is 12.2 Å². The molecule has 0 saturated heterocycles. The summed E-state index contributed by atoms with van der Waals surface area (Å²) in [6.07, 6.45) is 4.91. The molecule has 3 aromatic rings. The maximum atomic E-state index is 14.3. The summed E-state index contributed by atoms with van der Waals surface area (Å²) in [5, 5.41) is 7.91. The molecule has 0 spiro atoms. The van der Waals surface area contributed by atoms with Gasteiger partial charge < -0.3 is 20.3 Å². The summed E-state index contributed by atoms with van der Waals surface area (Å²) in [4.78, 5) is 42.8. The van der Waals surface area contributed by atoms with Crippen LogP contribution in [0.4, 0.5) is 10.5 Å². The Bertz CT molecular complexity index is 1380. The molecule has 2 atom stereocenters. The van der Waals surface area contributed by atoms with Crippen molar-refractivity contribution in [3.63, 3.8) is 0 Å². The summed E-state index contributed by atoms with van der Waals surface area (Å²) in [5.41, 5.74) is 1.42. The summed E-state index contributed by atoms with van der Waals surface area (Å²) < 4.78 is 5.48. The number of ether oxygens (including phenoxy) is 1. The molecule has 3 amide bonds. The van der Waals surface area contributed by atoms with Crippen LogP contribution in [0.3, 0.4) is 0 Å². The zero-order chi connectivity index (χ0) is 30.7. The summed E-state index contributed by atoms with van der Waals surface area (Å²) >= 11 is 1.58. The van der Waals surface area contributed by atoms with Crippen LogP contribution < -0.4 is 10.6 Å². The highest BCUT2D eigenvalue weighted by Crippen LogP contribution is 2.28. The van der Waals surface area contributed by atoms with Crippen LogP contribution in [0.5, 0.6) is 0 Å². The Labute approximate surface area is 254 Å². The van der Waals surface area contributed by atoms with Crippen LogP contribution in [0.15, 0.2) is 73.3 Å². The van der Waals surface area contributed by atoms with Crippen molar-refractivity contribution in [2.75, 3.05) is 23.9 Å². The number of anilines is 1. The standard InChI is InChI=1S/C34H43N3O4S/c1-7-9-20-37(32(39)29(19-21-42-6)36-33(40)41-34(3,4)5)30(27-16-12-13-24(8-2)22-27)31(38)35-28-18-17-25-14-10-11-15-26(25)23-28/h8,10-18,22-23,29-30H,2,7,9,19-21H2,1,3-6H3,(H,35,38)(H,36,40). The molecule has 3 aromatic carbocycles. The molecular weight excluding hydrogens is 546 g/mol. The number of nitrogens with one attached hydrogen (secondary N) is 2. The fourth-order valence-corrected chi connectivity index (χ4v) is 5.12. The van der Waals surface area contributed by atoms with E-state index >= 15 is 0 Å². The Balaban J connectivity index is 2.03. The molecule has 0 aliphatic rings. The van der Waals surface area contributed by atoms with Gasteiger partial charge in [-0.15, -0.1) is 0 Å². The Kier molecular flexibility index (Phi) is 12.0. The number of amides is 3. The minimum Gasteiger partial charge on any atom is -0.444 e. The maximum Gasteiger partial charge on any atom is 0.408 e. The monoisotopic (exact) mass is 589 g/mol. The normalized spacial score (nSPS) is 12.7. The number of carbonyl (C=O) groups excluding carboxylic acids is 3. The average Bonchev–Trinajstić information content (AvgIpc) is 2.96. The first-order valence-corrected chi connectivity index (χ1v) is 15.8. The number of alkyl carbamates (subject to hydrolysis) is 1. The molecule has 0 radical (unpaired) electrons. The van der Waals surface area contributed by atoms with E-state index in [1.54, 1.807) is 43.5 Å². The van der Waals surface area contributed by atoms with E-state index in [2.05, 4.69) is 17.2 Å². The Morgan fingerprint density at radius 2 is 1.76 bits per heavy atom. The number of rotatable bonds is 13. The first-order valence-electron chi connectivity index (χ1n) is 14.4. The summed E-state index contributed by atoms with van der Waals surface area (Å²) in [7, 11) is 0. The largest absolute Gasteiger partial charge is 0.444 e. The highest BCUT2D eigenvalue weighted by atomic mass is 32.2. The topological polar surface area (TPSA) is 87.7 Å². The van der Waals surface area contributed by atoms with Gasteiger partial charge >= 0.3 is 6.09 Å². The molecule has 0 aliphatic heterocycles. The predicted octanol–water partition coefficient (Wildman–Crippen LogP) is 7.44. The molecule has 0 aliphatic carbocycles. The van der Waals surface area contributed by atoms with Gasteiger partial charge in [0.25, 0.3) is 5.91 Å². The molecule has 2 unspecified atom stereocenters. The molecule has 8 heteroatoms. The van der Waals surface area contributed by atoms with Crippen LogP contribution in [0, 0.1) is 0 Å². The second kappa shape index (κ2) is 15.4. The molecular formula is C34H43N3O4S. The van der Waals surface area contributed by atoms with E-state index in [1.165, 1.54) is 0 Å². The zero-order valence-corrected chi connectivity index (χ0v) is 26.1. The minimum atomic E-state index is -0.937. The van der Waals surface area contributed by atoms with Crippen LogP contribution >= 0.6 is 11.8 Å². The minimum absolute atomic E-state index is 0.328. The highest BCUT2D eigenvalue weighted by Gasteiger charge is 2.36. The van der Waals surface area contributed by atoms with E-state index in [4.69, 9.17) is 4.74 Å². The predicted molar refractivity (Wildman–Crippen MR) is 175 cm³/mol. The summed E-state index contributed by atoms with van der Waals surface area (Å²) in [6.45, 7) is 11.6. The van der Waals surface area contributed by atoms with Crippen LogP contribution in [0.2, 0.25) is 0 Å². The number of benzene rings is 3. The van der Waals surface area contributed by atoms with Crippen molar-refractivity contribution in [2.45, 2.75) is 64.6 Å². The number of hydrogen-bond acceptors (Lipinski definition) is 5. The van der Waals surface area contributed by atoms with Gasteiger partial charge in [0.2, 0.25) is 5.91 Å². The van der Waals surface area contributed by atoms with Crippen LogP contribution in [-0.2, 0) is 14.3 Å². The first-order chi connectivity index (χ1) is 20.1. The number of nitrogens with zero attached hydrogens (tertiary/aromatic N) is 1. The van der Waals surface area contributed by atoms with Crippen LogP contribution in [0.25, 0.3) is 16.8 Å². The second-order valence-electron chi connectivity index (χ2n) is 11.2. The van der Waals surface area contributed by atoms with Gasteiger partial charge in [-0.3, -0.25) is 9.59 Å². The molecule has 2 N–H and O–H groups in total. The molecule has 0 fully saturated rings. The van der Waals surface area contributed by atoms with Crippen LogP contribution in [-0.4, -0.2) is 53.0 Å². The zero-order valence-electron chi connectivity index (χ0n) is 25.3. The lowest BCUT2D eigenvalue weighted by atomic mass is 9.99. The maximum absolute atomic E-state index is 14.3. The molecule has 0 bridgehead atoms. The molecule has 42 heavy (non-hydrogen) atoms. The van der Waals surface area contributed by atoms with E-state index in [1.807, 2.05) is 79.9 Å². The number of hydrogen-bond donors (Lipinski definition) is 2. The quantitative estimate of drug-likeness (QED) is 0.216. The Morgan fingerprint density at radius 1 is 1.02 bits per heavy atom. The van der Waals surface area contributed by atoms with Crippen molar-refractivity contribution in [3.05, 3.63) is 84.4 Å². The van der Waals surface area contributed by atoms with Crippen molar-refractivity contribution in [3.8, 4) is 0 Å². The SMILES string of the molecule is C=Cc1cccc(C(C(=O)Nc2ccc3ccccc3c2)N(CCCC)C(=O)C(CCSC)NC(=O)OC(C)(C)C)c1. The number of thioether (sulfide) groups is 1. The van der Waals surface area contributed by atoms with Gasteiger partial charge in [-0.25, -0.2) is 4.79 Å². The summed E-state index contributed by atoms with van der Waals surface area (Å²) in [5.74, 6) is -0.0175. The molecule has 224 valence electrons. The number of unbranched alkanes of at least 4 members (excludes halogenated alkanes) is 1. The number of carbonyl (C=O) groups is 3. The van der Waals surface area contributed by atoms with E-state index in [0.717, 1.165) is 22.8 Å². The smallest absolute Gasteiger partial charge is 0.408 e. The number of fused-ring (bicyclic) bond motifs is 1. The van der Waals surface area contributed by atoms with E-state index < -0.39 is 23.8 Å². The molecule has 7 nitrogen and oxygen atoms in total. The van der Waals surface area contributed by atoms with Crippen molar-refractivity contribution >= 4 is 52.2 Å². The molecule has 3 rings (SSSR count). The molecule has 0 heterocycles. The van der Waals surface area contributed by atoms with Crippen molar-refractivity contribution in [1.29, 1.82) is 0 Å². The van der Waals surface area contributed by atoms with E-state index in [0.29, 0.717) is 36.4 Å². The van der Waals surface area contributed by atoms with Gasteiger partial charge in [0.15, 0.2) is 0 Å². The van der Waals surface area contributed by atoms with Gasteiger partial charge in [0.05, 0.1) is 0 Å². The van der Waals surface area contributed by atoms with Crippen molar-refractivity contribution in [2.24, 2.45) is 0 Å². The average molecular weight is 590 g/mol.